The predicted octanol–water partition coefficient (Wildman–Crippen LogP) is 2.94. The van der Waals surface area contributed by atoms with Gasteiger partial charge in [-0.3, -0.25) is 18.6 Å². The second kappa shape index (κ2) is 8.45. The van der Waals surface area contributed by atoms with Gasteiger partial charge in [-0.15, -0.1) is 0 Å². The van der Waals surface area contributed by atoms with Crippen LogP contribution in [0.25, 0.3) is 27.8 Å². The van der Waals surface area contributed by atoms with Crippen LogP contribution in [0, 0.1) is 12.7 Å². The average molecular weight is 487 g/mol. The van der Waals surface area contributed by atoms with Gasteiger partial charge in [0, 0.05) is 30.7 Å². The molecule has 3 aromatic heterocycles. The molecule has 1 atom stereocenters. The summed E-state index contributed by atoms with van der Waals surface area (Å²) in [6.45, 7) is 3.79. The number of aryl methyl sites for hydroxylation is 2. The van der Waals surface area contributed by atoms with Crippen LogP contribution in [-0.2, 0) is 7.05 Å². The van der Waals surface area contributed by atoms with Crippen molar-refractivity contribution in [3.63, 3.8) is 0 Å². The van der Waals surface area contributed by atoms with E-state index in [0.29, 0.717) is 33.5 Å². The zero-order valence-corrected chi connectivity index (χ0v) is 19.8. The van der Waals surface area contributed by atoms with Crippen molar-refractivity contribution in [3.05, 3.63) is 81.9 Å². The number of rotatable bonds is 5. The third-order valence-electron chi connectivity index (χ3n) is 6.15. The summed E-state index contributed by atoms with van der Waals surface area (Å²) in [5.74, 6) is -1.18. The number of nitrogens with one attached hydrogen (secondary N) is 1. The molecule has 0 saturated carbocycles. The highest BCUT2D eigenvalue weighted by molar-refractivity contribution is 5.98. The van der Waals surface area contributed by atoms with Gasteiger partial charge in [-0.05, 0) is 49.2 Å². The summed E-state index contributed by atoms with van der Waals surface area (Å²) in [6.07, 6.45) is 4.75. The molecule has 0 saturated heterocycles. The molecule has 10 nitrogen and oxygen atoms in total. The lowest BCUT2D eigenvalue weighted by atomic mass is 10.00. The molecule has 2 aromatic carbocycles. The first kappa shape index (κ1) is 23.0. The topological polar surface area (TPSA) is 146 Å². The normalized spacial score (nSPS) is 12.2. The van der Waals surface area contributed by atoms with Crippen molar-refractivity contribution < 1.29 is 9.18 Å². The summed E-state index contributed by atoms with van der Waals surface area (Å²) in [7, 11) is 1.68. The molecule has 0 bridgehead atoms. The van der Waals surface area contributed by atoms with E-state index in [1.165, 1.54) is 16.7 Å². The Morgan fingerprint density at radius 3 is 2.56 bits per heavy atom. The number of carbonyl (C=O) groups excluding carboxylic acids is 1. The van der Waals surface area contributed by atoms with Gasteiger partial charge in [0.15, 0.2) is 0 Å². The number of aromatic nitrogens is 5. The number of anilines is 2. The molecule has 3 heterocycles. The summed E-state index contributed by atoms with van der Waals surface area (Å²) in [6, 6.07) is 7.20. The van der Waals surface area contributed by atoms with E-state index in [0.717, 1.165) is 17.2 Å². The van der Waals surface area contributed by atoms with E-state index in [4.69, 9.17) is 11.5 Å². The summed E-state index contributed by atoms with van der Waals surface area (Å²) in [5, 5.41) is 3.75. The highest BCUT2D eigenvalue weighted by Crippen LogP contribution is 2.31. The van der Waals surface area contributed by atoms with E-state index in [2.05, 4.69) is 20.3 Å². The van der Waals surface area contributed by atoms with Crippen LogP contribution >= 0.6 is 0 Å². The molecule has 11 heteroatoms. The van der Waals surface area contributed by atoms with Gasteiger partial charge < -0.3 is 16.8 Å². The third kappa shape index (κ3) is 3.70. The first-order valence-electron chi connectivity index (χ1n) is 11.1. The number of nitrogens with zero attached hydrogens (tertiary/aromatic N) is 5. The van der Waals surface area contributed by atoms with Crippen LogP contribution < -0.4 is 22.3 Å². The van der Waals surface area contributed by atoms with E-state index in [1.54, 1.807) is 25.8 Å². The van der Waals surface area contributed by atoms with Crippen LogP contribution in [0.4, 0.5) is 16.0 Å². The molecule has 0 spiro atoms. The van der Waals surface area contributed by atoms with Gasteiger partial charge in [-0.2, -0.15) is 0 Å². The fourth-order valence-electron chi connectivity index (χ4n) is 4.49. The lowest BCUT2D eigenvalue weighted by Crippen LogP contribution is -2.22. The molecule has 0 radical (unpaired) electrons. The second-order valence-electron chi connectivity index (χ2n) is 8.65. The summed E-state index contributed by atoms with van der Waals surface area (Å²) < 4.78 is 17.1. The monoisotopic (exact) mass is 486 g/mol. The first-order chi connectivity index (χ1) is 17.2. The highest BCUT2D eigenvalue weighted by atomic mass is 19.1. The quantitative estimate of drug-likeness (QED) is 0.346. The summed E-state index contributed by atoms with van der Waals surface area (Å²) in [5.41, 5.74) is 15.3. The van der Waals surface area contributed by atoms with Gasteiger partial charge >= 0.3 is 0 Å². The SMILES string of the molecule is Cc1cc(C(C)Nc2ccc(F)cc2C(N)=O)c2c(c1)c(=O)n(C)c1c(-c3cnc(N)nc3)ncn21. The fourth-order valence-corrected chi connectivity index (χ4v) is 4.49. The van der Waals surface area contributed by atoms with Gasteiger partial charge in [-0.25, -0.2) is 19.3 Å². The predicted molar refractivity (Wildman–Crippen MR) is 135 cm³/mol. The van der Waals surface area contributed by atoms with E-state index in [9.17, 15) is 14.0 Å². The number of carbonyl (C=O) groups is 1. The molecule has 0 aliphatic heterocycles. The maximum Gasteiger partial charge on any atom is 0.261 e. The Morgan fingerprint density at radius 1 is 1.14 bits per heavy atom. The first-order valence-corrected chi connectivity index (χ1v) is 11.1. The van der Waals surface area contributed by atoms with Crippen molar-refractivity contribution in [1.82, 2.24) is 23.9 Å². The number of primary amides is 1. The van der Waals surface area contributed by atoms with Crippen LogP contribution in [0.2, 0.25) is 0 Å². The summed E-state index contributed by atoms with van der Waals surface area (Å²) >= 11 is 0. The highest BCUT2D eigenvalue weighted by Gasteiger charge is 2.21. The lowest BCUT2D eigenvalue weighted by molar-refractivity contribution is 0.100. The van der Waals surface area contributed by atoms with Gasteiger partial charge in [-0.1, -0.05) is 6.07 Å². The Bertz CT molecular complexity index is 1720. The minimum Gasteiger partial charge on any atom is -0.378 e. The number of nitrogen functional groups attached to an aromatic ring is 1. The lowest BCUT2D eigenvalue weighted by Gasteiger charge is -2.21. The number of imidazole rings is 1. The van der Waals surface area contributed by atoms with E-state index in [1.807, 2.05) is 30.4 Å². The van der Waals surface area contributed by atoms with Crippen LogP contribution in [0.1, 0.15) is 34.5 Å². The molecule has 36 heavy (non-hydrogen) atoms. The number of benzene rings is 2. The Balaban J connectivity index is 1.74. The van der Waals surface area contributed by atoms with E-state index < -0.39 is 17.8 Å². The largest absolute Gasteiger partial charge is 0.378 e. The van der Waals surface area contributed by atoms with Gasteiger partial charge in [0.05, 0.1) is 22.5 Å². The molecule has 5 N–H and O–H groups in total. The number of hydrogen-bond acceptors (Lipinski definition) is 7. The molecular weight excluding hydrogens is 463 g/mol. The number of hydrogen-bond donors (Lipinski definition) is 3. The number of amides is 1. The maximum atomic E-state index is 13.8. The van der Waals surface area contributed by atoms with Gasteiger partial charge in [0.2, 0.25) is 5.95 Å². The fraction of sp³-hybridized carbons (Fsp3) is 0.160. The second-order valence-corrected chi connectivity index (χ2v) is 8.65. The smallest absolute Gasteiger partial charge is 0.261 e. The zero-order chi connectivity index (χ0) is 25.7. The molecule has 1 amide bonds. The van der Waals surface area contributed by atoms with Crippen molar-refractivity contribution in [2.75, 3.05) is 11.1 Å². The van der Waals surface area contributed by atoms with Crippen molar-refractivity contribution in [3.8, 4) is 11.3 Å². The number of fused-ring (bicyclic) bond motifs is 3. The zero-order valence-electron chi connectivity index (χ0n) is 19.8. The maximum absolute atomic E-state index is 13.8. The molecule has 0 fully saturated rings. The molecular formula is C25H23FN8O2. The molecule has 0 aliphatic carbocycles. The van der Waals surface area contributed by atoms with E-state index >= 15 is 0 Å². The van der Waals surface area contributed by atoms with Crippen LogP contribution in [0.15, 0.2) is 53.8 Å². The van der Waals surface area contributed by atoms with Gasteiger partial charge in [0.25, 0.3) is 11.5 Å². The Labute approximate surface area is 204 Å². The van der Waals surface area contributed by atoms with Crippen LogP contribution in [-0.4, -0.2) is 29.8 Å². The van der Waals surface area contributed by atoms with Crippen molar-refractivity contribution in [1.29, 1.82) is 0 Å². The van der Waals surface area contributed by atoms with Crippen LogP contribution in [0.3, 0.4) is 0 Å². The minimum atomic E-state index is -0.750. The number of halogens is 1. The molecule has 5 aromatic rings. The molecule has 1 unspecified atom stereocenters. The Kier molecular flexibility index (Phi) is 5.39. The van der Waals surface area contributed by atoms with E-state index in [-0.39, 0.29) is 17.1 Å². The molecule has 0 aliphatic rings. The standard InChI is InChI=1S/C25H23FN8O2/c1-12-6-16(13(2)32-19-5-4-15(26)8-17(19)22(27)35)21-18(7-12)24(36)33(3)23-20(31-11-34(21)23)14-9-29-25(28)30-10-14/h4-11,13,32H,1-3H3,(H2,27,35)(H2,28,29,30). The Morgan fingerprint density at radius 2 is 1.86 bits per heavy atom. The minimum absolute atomic E-state index is 0.0353. The molecule has 182 valence electrons. The van der Waals surface area contributed by atoms with Crippen molar-refractivity contribution in [2.45, 2.75) is 19.9 Å². The van der Waals surface area contributed by atoms with Crippen molar-refractivity contribution in [2.24, 2.45) is 12.8 Å². The van der Waals surface area contributed by atoms with Crippen LogP contribution in [0.5, 0.6) is 0 Å². The van der Waals surface area contributed by atoms with Crippen molar-refractivity contribution >= 4 is 34.1 Å². The summed E-state index contributed by atoms with van der Waals surface area (Å²) in [4.78, 5) is 38.1. The van der Waals surface area contributed by atoms with Gasteiger partial charge in [0.1, 0.15) is 23.5 Å². The molecule has 5 rings (SSSR count). The third-order valence-corrected chi connectivity index (χ3v) is 6.15. The number of nitrogens with two attached hydrogens (primary N) is 2. The average Bonchev–Trinajstić information content (AvgIpc) is 3.28. The Hall–Kier alpha value is -4.80.